The number of aromatic nitrogens is 1. The highest BCUT2D eigenvalue weighted by molar-refractivity contribution is 6.03. The maximum Gasteiger partial charge on any atom is 0.336 e. The zero-order chi connectivity index (χ0) is 11.0. The molecule has 0 saturated carbocycles. The Hall–Kier alpha value is -1.97. The van der Waals surface area contributed by atoms with Gasteiger partial charge in [0.05, 0.1) is 17.3 Å². The molecule has 0 fully saturated rings. The van der Waals surface area contributed by atoms with Gasteiger partial charge in [-0.2, -0.15) is 0 Å². The van der Waals surface area contributed by atoms with E-state index in [1.165, 1.54) is 12.1 Å². The Bertz CT molecular complexity index is 552. The van der Waals surface area contributed by atoms with Crippen LogP contribution in [0, 0.1) is 12.7 Å². The summed E-state index contributed by atoms with van der Waals surface area (Å²) in [5.74, 6) is -1.61. The van der Waals surface area contributed by atoms with Gasteiger partial charge in [-0.05, 0) is 24.6 Å². The van der Waals surface area contributed by atoms with Crippen molar-refractivity contribution in [3.8, 4) is 0 Å². The molecule has 0 aliphatic rings. The average Bonchev–Trinajstić information content (AvgIpc) is 2.17. The summed E-state index contributed by atoms with van der Waals surface area (Å²) in [5, 5.41) is 9.25. The molecule has 0 atom stereocenters. The van der Waals surface area contributed by atoms with Crippen LogP contribution in [-0.4, -0.2) is 16.1 Å². The number of rotatable bonds is 1. The molecule has 2 aromatic rings. The lowest BCUT2D eigenvalue weighted by molar-refractivity contribution is 0.0699. The molecular weight excluding hydrogens is 197 g/mol. The highest BCUT2D eigenvalue weighted by atomic mass is 19.1. The van der Waals surface area contributed by atoms with E-state index >= 15 is 0 Å². The van der Waals surface area contributed by atoms with E-state index in [-0.39, 0.29) is 5.56 Å². The molecule has 4 heteroatoms. The van der Waals surface area contributed by atoms with E-state index in [0.717, 1.165) is 11.8 Å². The first-order chi connectivity index (χ1) is 7.09. The van der Waals surface area contributed by atoms with Crippen LogP contribution in [0.25, 0.3) is 10.9 Å². The van der Waals surface area contributed by atoms with E-state index in [1.54, 1.807) is 13.0 Å². The Morgan fingerprint density at radius 1 is 1.47 bits per heavy atom. The molecule has 0 aliphatic heterocycles. The quantitative estimate of drug-likeness (QED) is 0.777. The van der Waals surface area contributed by atoms with Crippen LogP contribution < -0.4 is 0 Å². The molecule has 1 N–H and O–H groups in total. The average molecular weight is 205 g/mol. The number of hydrogen-bond donors (Lipinski definition) is 1. The lowest BCUT2D eigenvalue weighted by atomic mass is 10.0. The number of fused-ring (bicyclic) bond motifs is 1. The highest BCUT2D eigenvalue weighted by Crippen LogP contribution is 2.21. The normalized spacial score (nSPS) is 10.5. The molecule has 0 saturated heterocycles. The van der Waals surface area contributed by atoms with Crippen LogP contribution in [0.1, 0.15) is 15.9 Å². The number of aryl methyl sites for hydroxylation is 1. The largest absolute Gasteiger partial charge is 0.478 e. The molecule has 0 unspecified atom stereocenters. The summed E-state index contributed by atoms with van der Waals surface area (Å²) in [6, 6.07) is 4.32. The number of hydrogen-bond acceptors (Lipinski definition) is 2. The summed E-state index contributed by atoms with van der Waals surface area (Å²) in [6.07, 6.45) is 1.08. The Kier molecular flexibility index (Phi) is 2.11. The molecule has 15 heavy (non-hydrogen) atoms. The third-order valence-corrected chi connectivity index (χ3v) is 2.25. The molecule has 0 aliphatic carbocycles. The molecule has 0 bridgehead atoms. The first kappa shape index (κ1) is 9.58. The Balaban J connectivity index is 2.90. The number of aromatic carboxylic acids is 1. The van der Waals surface area contributed by atoms with Gasteiger partial charge in [0.25, 0.3) is 0 Å². The lowest BCUT2D eigenvalue weighted by Gasteiger charge is -2.04. The Morgan fingerprint density at radius 3 is 2.87 bits per heavy atom. The SMILES string of the molecule is Cc1ccc(C(=O)O)c2cc(F)cnc12. The number of benzene rings is 1. The minimum Gasteiger partial charge on any atom is -0.478 e. The minimum atomic E-state index is -1.08. The number of carboxylic acids is 1. The molecule has 1 heterocycles. The van der Waals surface area contributed by atoms with E-state index < -0.39 is 11.8 Å². The fourth-order valence-electron chi connectivity index (χ4n) is 1.52. The second-order valence-electron chi connectivity index (χ2n) is 3.28. The molecule has 2 rings (SSSR count). The molecule has 0 amide bonds. The zero-order valence-electron chi connectivity index (χ0n) is 7.99. The van der Waals surface area contributed by atoms with Crippen molar-refractivity contribution in [2.45, 2.75) is 6.92 Å². The number of pyridine rings is 1. The highest BCUT2D eigenvalue weighted by Gasteiger charge is 2.11. The zero-order valence-corrected chi connectivity index (χ0v) is 7.99. The maximum atomic E-state index is 13.0. The van der Waals surface area contributed by atoms with E-state index in [2.05, 4.69) is 4.98 Å². The van der Waals surface area contributed by atoms with Crippen molar-refractivity contribution in [2.75, 3.05) is 0 Å². The smallest absolute Gasteiger partial charge is 0.336 e. The number of nitrogens with zero attached hydrogens (tertiary/aromatic N) is 1. The Labute approximate surface area is 85.2 Å². The first-order valence-electron chi connectivity index (χ1n) is 4.38. The first-order valence-corrected chi connectivity index (χ1v) is 4.38. The van der Waals surface area contributed by atoms with Crippen molar-refractivity contribution in [3.63, 3.8) is 0 Å². The lowest BCUT2D eigenvalue weighted by Crippen LogP contribution is -1.99. The van der Waals surface area contributed by atoms with E-state index in [4.69, 9.17) is 5.11 Å². The summed E-state index contributed by atoms with van der Waals surface area (Å²) in [5.41, 5.74) is 1.42. The minimum absolute atomic E-state index is 0.0719. The van der Waals surface area contributed by atoms with Gasteiger partial charge in [0.1, 0.15) is 5.82 Å². The monoisotopic (exact) mass is 205 g/mol. The molecule has 1 aromatic carbocycles. The summed E-state index contributed by atoms with van der Waals surface area (Å²) in [6.45, 7) is 1.80. The van der Waals surface area contributed by atoms with Crippen molar-refractivity contribution in [3.05, 3.63) is 41.3 Å². The summed E-state index contributed by atoms with van der Waals surface area (Å²) in [7, 11) is 0. The maximum absolute atomic E-state index is 13.0. The van der Waals surface area contributed by atoms with Crippen molar-refractivity contribution < 1.29 is 14.3 Å². The van der Waals surface area contributed by atoms with Gasteiger partial charge in [0.2, 0.25) is 0 Å². The molecule has 76 valence electrons. The third-order valence-electron chi connectivity index (χ3n) is 2.25. The number of halogens is 1. The van der Waals surface area contributed by atoms with Crippen LogP contribution in [0.5, 0.6) is 0 Å². The van der Waals surface area contributed by atoms with Crippen LogP contribution >= 0.6 is 0 Å². The van der Waals surface area contributed by atoms with Crippen LogP contribution in [0.3, 0.4) is 0 Å². The van der Waals surface area contributed by atoms with Crippen LogP contribution in [0.4, 0.5) is 4.39 Å². The van der Waals surface area contributed by atoms with Crippen molar-refractivity contribution in [1.29, 1.82) is 0 Å². The van der Waals surface area contributed by atoms with Crippen molar-refractivity contribution >= 4 is 16.9 Å². The summed E-state index contributed by atoms with van der Waals surface area (Å²) < 4.78 is 13.0. The van der Waals surface area contributed by atoms with Crippen LogP contribution in [-0.2, 0) is 0 Å². The molecule has 3 nitrogen and oxygen atoms in total. The van der Waals surface area contributed by atoms with Gasteiger partial charge in [0, 0.05) is 5.39 Å². The van der Waals surface area contributed by atoms with Crippen molar-refractivity contribution in [2.24, 2.45) is 0 Å². The molecule has 0 radical (unpaired) electrons. The summed E-state index contributed by atoms with van der Waals surface area (Å²) in [4.78, 5) is 14.8. The fraction of sp³-hybridized carbons (Fsp3) is 0.0909. The van der Waals surface area contributed by atoms with Gasteiger partial charge in [-0.3, -0.25) is 4.98 Å². The van der Waals surface area contributed by atoms with E-state index in [9.17, 15) is 9.18 Å². The van der Waals surface area contributed by atoms with Gasteiger partial charge >= 0.3 is 5.97 Å². The van der Waals surface area contributed by atoms with E-state index in [0.29, 0.717) is 10.9 Å². The van der Waals surface area contributed by atoms with Gasteiger partial charge in [-0.25, -0.2) is 9.18 Å². The van der Waals surface area contributed by atoms with Crippen LogP contribution in [0.2, 0.25) is 0 Å². The third kappa shape index (κ3) is 1.54. The van der Waals surface area contributed by atoms with E-state index in [1.807, 2.05) is 0 Å². The molecular formula is C11H8FNO2. The molecule has 0 spiro atoms. The van der Waals surface area contributed by atoms with Gasteiger partial charge < -0.3 is 5.11 Å². The summed E-state index contributed by atoms with van der Waals surface area (Å²) >= 11 is 0. The van der Waals surface area contributed by atoms with Gasteiger partial charge in [0.15, 0.2) is 0 Å². The number of carboxylic acid groups (broad SMARTS) is 1. The van der Waals surface area contributed by atoms with Crippen molar-refractivity contribution in [1.82, 2.24) is 4.98 Å². The standard InChI is InChI=1S/C11H8FNO2/c1-6-2-3-8(11(14)15)9-4-7(12)5-13-10(6)9/h2-5H,1H3,(H,14,15). The topological polar surface area (TPSA) is 50.2 Å². The number of carbonyl (C=O) groups is 1. The molecule has 1 aromatic heterocycles. The van der Waals surface area contributed by atoms with Gasteiger partial charge in [-0.15, -0.1) is 0 Å². The fourth-order valence-corrected chi connectivity index (χ4v) is 1.52. The van der Waals surface area contributed by atoms with Gasteiger partial charge in [-0.1, -0.05) is 6.07 Å². The Morgan fingerprint density at radius 2 is 2.20 bits per heavy atom. The second-order valence-corrected chi connectivity index (χ2v) is 3.28. The second kappa shape index (κ2) is 3.31. The predicted octanol–water partition coefficient (Wildman–Crippen LogP) is 2.38. The van der Waals surface area contributed by atoms with Crippen LogP contribution in [0.15, 0.2) is 24.4 Å². The predicted molar refractivity (Wildman–Crippen MR) is 53.4 cm³/mol.